The predicted molar refractivity (Wildman–Crippen MR) is 71.6 cm³/mol. The van der Waals surface area contributed by atoms with Crippen molar-refractivity contribution in [2.75, 3.05) is 6.61 Å². The molecule has 4 nitrogen and oxygen atoms in total. The van der Waals surface area contributed by atoms with Crippen molar-refractivity contribution >= 4 is 17.3 Å². The van der Waals surface area contributed by atoms with E-state index in [0.717, 1.165) is 17.7 Å². The number of aryl methyl sites for hydroxylation is 1. The van der Waals surface area contributed by atoms with Crippen LogP contribution in [0.1, 0.15) is 41.7 Å². The van der Waals surface area contributed by atoms with Crippen molar-refractivity contribution in [2.45, 2.75) is 39.7 Å². The fourth-order valence-electron chi connectivity index (χ4n) is 1.42. The lowest BCUT2D eigenvalue weighted by atomic mass is 10.1. The SMILES string of the molecule is CCCc1cc(OCC(O)C(C)C)c(C(=O)O)s1. The molecule has 0 saturated heterocycles. The standard InChI is InChI=1S/C13H20O4S/c1-4-5-9-6-11(12(18-9)13(15)16)17-7-10(14)8(2)3/h6,8,10,14H,4-5,7H2,1-3H3,(H,15,16). The van der Waals surface area contributed by atoms with Crippen LogP contribution in [0.25, 0.3) is 0 Å². The van der Waals surface area contributed by atoms with Gasteiger partial charge in [-0.3, -0.25) is 0 Å². The van der Waals surface area contributed by atoms with E-state index in [9.17, 15) is 9.90 Å². The topological polar surface area (TPSA) is 66.8 Å². The maximum Gasteiger partial charge on any atom is 0.349 e. The molecule has 0 aromatic carbocycles. The molecule has 1 unspecified atom stereocenters. The van der Waals surface area contributed by atoms with Crippen molar-refractivity contribution in [3.05, 3.63) is 15.8 Å². The summed E-state index contributed by atoms with van der Waals surface area (Å²) in [7, 11) is 0. The van der Waals surface area contributed by atoms with Gasteiger partial charge in [-0.15, -0.1) is 11.3 Å². The number of carbonyl (C=O) groups is 1. The zero-order valence-electron chi connectivity index (χ0n) is 11.0. The van der Waals surface area contributed by atoms with E-state index in [2.05, 4.69) is 0 Å². The van der Waals surface area contributed by atoms with E-state index < -0.39 is 12.1 Å². The van der Waals surface area contributed by atoms with Gasteiger partial charge in [0.25, 0.3) is 0 Å². The highest BCUT2D eigenvalue weighted by Gasteiger charge is 2.18. The molecule has 0 radical (unpaired) electrons. The third-order valence-electron chi connectivity index (χ3n) is 2.62. The lowest BCUT2D eigenvalue weighted by Gasteiger charge is -2.14. The van der Waals surface area contributed by atoms with E-state index in [1.54, 1.807) is 6.07 Å². The minimum Gasteiger partial charge on any atom is -0.489 e. The smallest absolute Gasteiger partial charge is 0.349 e. The van der Waals surface area contributed by atoms with Crippen molar-refractivity contribution in [3.63, 3.8) is 0 Å². The van der Waals surface area contributed by atoms with Crippen molar-refractivity contribution in [1.82, 2.24) is 0 Å². The van der Waals surface area contributed by atoms with Crippen LogP contribution in [0.4, 0.5) is 0 Å². The largest absolute Gasteiger partial charge is 0.489 e. The second kappa shape index (κ2) is 6.75. The summed E-state index contributed by atoms with van der Waals surface area (Å²) in [5, 5.41) is 18.7. The summed E-state index contributed by atoms with van der Waals surface area (Å²) in [4.78, 5) is 12.3. The van der Waals surface area contributed by atoms with E-state index in [1.807, 2.05) is 20.8 Å². The van der Waals surface area contributed by atoms with Crippen molar-refractivity contribution in [1.29, 1.82) is 0 Å². The Hall–Kier alpha value is -1.07. The Kier molecular flexibility index (Phi) is 5.62. The second-order valence-corrected chi connectivity index (χ2v) is 5.72. The van der Waals surface area contributed by atoms with Gasteiger partial charge in [0.1, 0.15) is 12.4 Å². The van der Waals surface area contributed by atoms with Crippen molar-refractivity contribution in [2.24, 2.45) is 5.92 Å². The van der Waals surface area contributed by atoms with Crippen LogP contribution >= 0.6 is 11.3 Å². The minimum absolute atomic E-state index is 0.0898. The molecule has 0 spiro atoms. The number of carboxylic acid groups (broad SMARTS) is 1. The number of aromatic carboxylic acids is 1. The second-order valence-electron chi connectivity index (χ2n) is 4.58. The number of rotatable bonds is 7. The Labute approximate surface area is 111 Å². The zero-order chi connectivity index (χ0) is 13.7. The van der Waals surface area contributed by atoms with Crippen LogP contribution in [0.5, 0.6) is 5.75 Å². The third kappa shape index (κ3) is 3.99. The number of thiophene rings is 1. The number of ether oxygens (including phenoxy) is 1. The number of hydrogen-bond donors (Lipinski definition) is 2. The number of carboxylic acids is 1. The summed E-state index contributed by atoms with van der Waals surface area (Å²) >= 11 is 1.25. The molecule has 18 heavy (non-hydrogen) atoms. The molecule has 1 aromatic heterocycles. The van der Waals surface area contributed by atoms with Crippen LogP contribution in [-0.4, -0.2) is 28.9 Å². The summed E-state index contributed by atoms with van der Waals surface area (Å²) in [6.07, 6.45) is 1.23. The maximum absolute atomic E-state index is 11.1. The molecular weight excluding hydrogens is 252 g/mol. The first-order chi connectivity index (χ1) is 8.45. The van der Waals surface area contributed by atoms with Gasteiger partial charge in [-0.2, -0.15) is 0 Å². The van der Waals surface area contributed by atoms with Gasteiger partial charge in [0, 0.05) is 4.88 Å². The van der Waals surface area contributed by atoms with Crippen LogP contribution < -0.4 is 4.74 Å². The van der Waals surface area contributed by atoms with Crippen molar-refractivity contribution < 1.29 is 19.7 Å². The first-order valence-electron chi connectivity index (χ1n) is 6.12. The third-order valence-corrected chi connectivity index (χ3v) is 3.78. The molecule has 1 aromatic rings. The van der Waals surface area contributed by atoms with Gasteiger partial charge in [-0.25, -0.2) is 4.79 Å². The highest BCUT2D eigenvalue weighted by atomic mass is 32.1. The Morgan fingerprint density at radius 1 is 1.50 bits per heavy atom. The van der Waals surface area contributed by atoms with Crippen LogP contribution in [0, 0.1) is 5.92 Å². The molecular formula is C13H20O4S. The molecule has 102 valence electrons. The normalized spacial score (nSPS) is 12.7. The summed E-state index contributed by atoms with van der Waals surface area (Å²) < 4.78 is 5.43. The molecule has 0 aliphatic heterocycles. The van der Waals surface area contributed by atoms with E-state index >= 15 is 0 Å². The Morgan fingerprint density at radius 3 is 2.67 bits per heavy atom. The lowest BCUT2D eigenvalue weighted by Crippen LogP contribution is -2.23. The van der Waals surface area contributed by atoms with Gasteiger partial charge in [-0.1, -0.05) is 27.2 Å². The molecule has 2 N–H and O–H groups in total. The molecule has 0 aliphatic carbocycles. The molecule has 1 atom stereocenters. The molecule has 1 heterocycles. The molecule has 5 heteroatoms. The highest BCUT2D eigenvalue weighted by Crippen LogP contribution is 2.30. The van der Waals surface area contributed by atoms with Crippen molar-refractivity contribution in [3.8, 4) is 5.75 Å². The van der Waals surface area contributed by atoms with Gasteiger partial charge in [0.15, 0.2) is 4.88 Å². The van der Waals surface area contributed by atoms with Gasteiger partial charge in [-0.05, 0) is 18.4 Å². The zero-order valence-corrected chi connectivity index (χ0v) is 11.8. The predicted octanol–water partition coefficient (Wildman–Crippen LogP) is 2.79. The van der Waals surface area contributed by atoms with Gasteiger partial charge >= 0.3 is 5.97 Å². The molecule has 0 aliphatic rings. The van der Waals surface area contributed by atoms with Crippen LogP contribution in [-0.2, 0) is 6.42 Å². The Bertz CT molecular complexity index is 398. The van der Waals surface area contributed by atoms with Gasteiger partial charge in [0.05, 0.1) is 6.10 Å². The van der Waals surface area contributed by atoms with Crippen LogP contribution in [0.2, 0.25) is 0 Å². The van der Waals surface area contributed by atoms with E-state index in [4.69, 9.17) is 9.84 Å². The first-order valence-corrected chi connectivity index (χ1v) is 6.94. The number of aliphatic hydroxyl groups excluding tert-OH is 1. The quantitative estimate of drug-likeness (QED) is 0.801. The van der Waals surface area contributed by atoms with E-state index in [-0.39, 0.29) is 17.4 Å². The summed E-state index contributed by atoms with van der Waals surface area (Å²) in [5.74, 6) is -0.515. The highest BCUT2D eigenvalue weighted by molar-refractivity contribution is 7.14. The maximum atomic E-state index is 11.1. The number of hydrogen-bond acceptors (Lipinski definition) is 4. The fourth-order valence-corrected chi connectivity index (χ4v) is 2.46. The average Bonchev–Trinajstić information content (AvgIpc) is 2.69. The first kappa shape index (κ1) is 15.0. The van der Waals surface area contributed by atoms with E-state index in [0.29, 0.717) is 5.75 Å². The minimum atomic E-state index is -0.976. The Morgan fingerprint density at radius 2 is 2.17 bits per heavy atom. The number of aliphatic hydroxyl groups is 1. The fraction of sp³-hybridized carbons (Fsp3) is 0.615. The van der Waals surface area contributed by atoms with Gasteiger partial charge < -0.3 is 14.9 Å². The molecule has 0 saturated carbocycles. The summed E-state index contributed by atoms with van der Waals surface area (Å²) in [5.41, 5.74) is 0. The van der Waals surface area contributed by atoms with E-state index in [1.165, 1.54) is 11.3 Å². The van der Waals surface area contributed by atoms with Crippen LogP contribution in [0.15, 0.2) is 6.07 Å². The Balaban J connectivity index is 2.76. The molecule has 1 rings (SSSR count). The molecule has 0 amide bonds. The average molecular weight is 272 g/mol. The lowest BCUT2D eigenvalue weighted by molar-refractivity contribution is 0.0642. The summed E-state index contributed by atoms with van der Waals surface area (Å²) in [6.45, 7) is 5.95. The summed E-state index contributed by atoms with van der Waals surface area (Å²) in [6, 6.07) is 1.77. The van der Waals surface area contributed by atoms with Gasteiger partial charge in [0.2, 0.25) is 0 Å². The monoisotopic (exact) mass is 272 g/mol. The molecule has 0 fully saturated rings. The van der Waals surface area contributed by atoms with Crippen LogP contribution in [0.3, 0.4) is 0 Å². The molecule has 0 bridgehead atoms.